The number of hydrogen-bond acceptors (Lipinski definition) is 3. The average Bonchev–Trinajstić information content (AvgIpc) is 3.75. The summed E-state index contributed by atoms with van der Waals surface area (Å²) in [6, 6.07) is 69.5. The quantitative estimate of drug-likeness (QED) is 0.175. The molecule has 12 rings (SSSR count). The van der Waals surface area contributed by atoms with Crippen LogP contribution in [0.2, 0.25) is 0 Å². The Morgan fingerprint density at radius 2 is 0.967 bits per heavy atom. The molecule has 4 nitrogen and oxygen atoms in total. The summed E-state index contributed by atoms with van der Waals surface area (Å²) in [5.41, 5.74) is 13.8. The molecule has 0 N–H and O–H groups in total. The second kappa shape index (κ2) is 13.2. The van der Waals surface area contributed by atoms with E-state index in [0.717, 1.165) is 44.3 Å². The van der Waals surface area contributed by atoms with Crippen LogP contribution in [0.25, 0.3) is 105 Å². The van der Waals surface area contributed by atoms with Crippen molar-refractivity contribution in [3.05, 3.63) is 205 Å². The van der Waals surface area contributed by atoms with Gasteiger partial charge in [0.1, 0.15) is 0 Å². The zero-order valence-corrected chi connectivity index (χ0v) is 33.3. The van der Waals surface area contributed by atoms with Crippen LogP contribution in [-0.4, -0.2) is 19.5 Å². The molecule has 0 aliphatic heterocycles. The second-order valence-electron chi connectivity index (χ2n) is 16.4. The van der Waals surface area contributed by atoms with Crippen molar-refractivity contribution < 1.29 is 0 Å². The highest BCUT2D eigenvalue weighted by Crippen LogP contribution is 2.53. The van der Waals surface area contributed by atoms with Crippen LogP contribution in [0, 0.1) is 0 Å². The Morgan fingerprint density at radius 1 is 0.367 bits per heavy atom. The third-order valence-corrected chi connectivity index (χ3v) is 12.6. The maximum absolute atomic E-state index is 5.21. The standard InChI is InChI=1S/C56H38N4/c1-56(2)48-34-51-47(33-46(48)43-29-26-36-18-12-13-23-40(36)52(43)56)41-24-14-15-25-49(41)60(51)50-31-30-44(45-32-39(27-28-42(45)50)35-16-6-3-7-17-35)55-58-53(37-19-8-4-9-20-37)57-54(59-55)38-21-10-5-11-22-38/h3-34H,1-2H3. The van der Waals surface area contributed by atoms with Crippen LogP contribution in [0.15, 0.2) is 194 Å². The van der Waals surface area contributed by atoms with Crippen molar-refractivity contribution in [1.82, 2.24) is 19.5 Å². The molecule has 11 aromatic rings. The predicted octanol–water partition coefficient (Wildman–Crippen LogP) is 14.2. The molecular weight excluding hydrogens is 729 g/mol. The lowest BCUT2D eigenvalue weighted by molar-refractivity contribution is 0.667. The van der Waals surface area contributed by atoms with Gasteiger partial charge in [-0.25, -0.2) is 15.0 Å². The molecule has 0 atom stereocenters. The number of benzene rings is 9. The average molecular weight is 767 g/mol. The van der Waals surface area contributed by atoms with Gasteiger partial charge in [-0.3, -0.25) is 0 Å². The molecule has 0 unspecified atom stereocenters. The Balaban J connectivity index is 1.13. The Hall–Kier alpha value is -7.69. The minimum atomic E-state index is -0.191. The fourth-order valence-corrected chi connectivity index (χ4v) is 9.78. The molecule has 60 heavy (non-hydrogen) atoms. The summed E-state index contributed by atoms with van der Waals surface area (Å²) >= 11 is 0. The monoisotopic (exact) mass is 766 g/mol. The van der Waals surface area contributed by atoms with Crippen molar-refractivity contribution >= 4 is 43.4 Å². The molecule has 0 saturated heterocycles. The van der Waals surface area contributed by atoms with Gasteiger partial charge in [0.25, 0.3) is 0 Å². The van der Waals surface area contributed by atoms with Gasteiger partial charge >= 0.3 is 0 Å². The van der Waals surface area contributed by atoms with Crippen molar-refractivity contribution in [3.63, 3.8) is 0 Å². The van der Waals surface area contributed by atoms with Crippen molar-refractivity contribution in [2.45, 2.75) is 19.3 Å². The zero-order chi connectivity index (χ0) is 40.0. The molecule has 2 aromatic heterocycles. The van der Waals surface area contributed by atoms with Gasteiger partial charge in [0.05, 0.1) is 16.7 Å². The lowest BCUT2D eigenvalue weighted by Gasteiger charge is -2.23. The molecular formula is C56H38N4. The van der Waals surface area contributed by atoms with Crippen LogP contribution >= 0.6 is 0 Å². The summed E-state index contributed by atoms with van der Waals surface area (Å²) in [6.45, 7) is 4.78. The van der Waals surface area contributed by atoms with Crippen LogP contribution in [0.3, 0.4) is 0 Å². The lowest BCUT2D eigenvalue weighted by Crippen LogP contribution is -2.15. The Morgan fingerprint density at radius 3 is 1.68 bits per heavy atom. The molecule has 282 valence electrons. The van der Waals surface area contributed by atoms with Crippen molar-refractivity contribution in [1.29, 1.82) is 0 Å². The minimum Gasteiger partial charge on any atom is -0.309 e. The number of nitrogens with zero attached hydrogens (tertiary/aromatic N) is 4. The van der Waals surface area contributed by atoms with Crippen molar-refractivity contribution in [2.24, 2.45) is 0 Å². The summed E-state index contributed by atoms with van der Waals surface area (Å²) in [6.07, 6.45) is 0. The number of rotatable bonds is 5. The van der Waals surface area contributed by atoms with E-state index in [2.05, 4.69) is 176 Å². The third-order valence-electron chi connectivity index (χ3n) is 12.6. The summed E-state index contributed by atoms with van der Waals surface area (Å²) in [5.74, 6) is 1.92. The third kappa shape index (κ3) is 5.20. The molecule has 0 saturated carbocycles. The van der Waals surface area contributed by atoms with Gasteiger partial charge in [-0.15, -0.1) is 0 Å². The van der Waals surface area contributed by atoms with Gasteiger partial charge in [-0.2, -0.15) is 0 Å². The summed E-state index contributed by atoms with van der Waals surface area (Å²) < 4.78 is 2.48. The molecule has 0 radical (unpaired) electrons. The number of fused-ring (bicyclic) bond motifs is 9. The van der Waals surface area contributed by atoms with Crippen LogP contribution in [0.5, 0.6) is 0 Å². The van der Waals surface area contributed by atoms with Gasteiger partial charge in [-0.1, -0.05) is 172 Å². The summed E-state index contributed by atoms with van der Waals surface area (Å²) in [4.78, 5) is 15.4. The normalized spacial score (nSPS) is 13.0. The lowest BCUT2D eigenvalue weighted by atomic mass is 9.80. The van der Waals surface area contributed by atoms with E-state index >= 15 is 0 Å². The van der Waals surface area contributed by atoms with E-state index in [4.69, 9.17) is 15.0 Å². The van der Waals surface area contributed by atoms with Crippen molar-refractivity contribution in [2.75, 3.05) is 0 Å². The Kier molecular flexibility index (Phi) is 7.54. The Labute approximate surface area is 348 Å². The minimum absolute atomic E-state index is 0.191. The summed E-state index contributed by atoms with van der Waals surface area (Å²) in [7, 11) is 0. The second-order valence-corrected chi connectivity index (χ2v) is 16.4. The largest absolute Gasteiger partial charge is 0.309 e. The topological polar surface area (TPSA) is 43.6 Å². The maximum Gasteiger partial charge on any atom is 0.164 e. The van der Waals surface area contributed by atoms with Crippen LogP contribution < -0.4 is 0 Å². The molecule has 0 amide bonds. The van der Waals surface area contributed by atoms with Crippen LogP contribution in [0.4, 0.5) is 0 Å². The van der Waals surface area contributed by atoms with Crippen LogP contribution in [-0.2, 0) is 5.41 Å². The molecule has 1 aliphatic rings. The SMILES string of the molecule is CC1(C)c2cc3c(cc2-c2ccc4ccccc4c21)c1ccccc1n3-c1ccc(-c2nc(-c3ccccc3)nc(-c3ccccc3)n2)c2cc(-c3ccccc3)ccc12. The Bertz CT molecular complexity index is 3440. The first-order valence-corrected chi connectivity index (χ1v) is 20.6. The van der Waals surface area contributed by atoms with E-state index in [1.54, 1.807) is 0 Å². The first-order chi connectivity index (χ1) is 29.5. The smallest absolute Gasteiger partial charge is 0.164 e. The van der Waals surface area contributed by atoms with E-state index in [1.165, 1.54) is 54.8 Å². The highest BCUT2D eigenvalue weighted by Gasteiger charge is 2.38. The first-order valence-electron chi connectivity index (χ1n) is 20.6. The van der Waals surface area contributed by atoms with E-state index in [0.29, 0.717) is 17.5 Å². The van der Waals surface area contributed by atoms with Gasteiger partial charge < -0.3 is 4.57 Å². The molecule has 0 fully saturated rings. The number of para-hydroxylation sites is 1. The zero-order valence-electron chi connectivity index (χ0n) is 33.3. The highest BCUT2D eigenvalue weighted by molar-refractivity contribution is 6.14. The van der Waals surface area contributed by atoms with E-state index in [1.807, 2.05) is 36.4 Å². The van der Waals surface area contributed by atoms with Gasteiger partial charge in [0.2, 0.25) is 0 Å². The number of aromatic nitrogens is 4. The molecule has 1 aliphatic carbocycles. The molecule has 0 bridgehead atoms. The molecule has 0 spiro atoms. The fourth-order valence-electron chi connectivity index (χ4n) is 9.78. The van der Waals surface area contributed by atoms with Crippen LogP contribution in [0.1, 0.15) is 25.0 Å². The highest BCUT2D eigenvalue weighted by atomic mass is 15.0. The maximum atomic E-state index is 5.21. The first kappa shape index (κ1) is 34.4. The number of hydrogen-bond donors (Lipinski definition) is 0. The van der Waals surface area contributed by atoms with E-state index in [-0.39, 0.29) is 5.41 Å². The van der Waals surface area contributed by atoms with Crippen molar-refractivity contribution in [3.8, 4) is 62.1 Å². The van der Waals surface area contributed by atoms with Gasteiger partial charge in [-0.05, 0) is 85.9 Å². The molecule has 2 heterocycles. The molecule has 9 aromatic carbocycles. The predicted molar refractivity (Wildman–Crippen MR) is 248 cm³/mol. The van der Waals surface area contributed by atoms with Gasteiger partial charge in [0, 0.05) is 38.3 Å². The van der Waals surface area contributed by atoms with E-state index in [9.17, 15) is 0 Å². The fraction of sp³-hybridized carbons (Fsp3) is 0.0536. The molecule has 4 heteroatoms. The van der Waals surface area contributed by atoms with Gasteiger partial charge in [0.15, 0.2) is 17.5 Å². The van der Waals surface area contributed by atoms with E-state index < -0.39 is 0 Å². The summed E-state index contributed by atoms with van der Waals surface area (Å²) in [5, 5.41) is 7.28.